The van der Waals surface area contributed by atoms with Crippen molar-refractivity contribution >= 4 is 117 Å². The molecule has 4 aromatic rings. The van der Waals surface area contributed by atoms with Crippen LogP contribution in [0, 0.1) is 22.7 Å². The van der Waals surface area contributed by atoms with Crippen molar-refractivity contribution in [2.24, 2.45) is 22.7 Å². The van der Waals surface area contributed by atoms with E-state index in [1.807, 2.05) is 45.8 Å². The average Bonchev–Trinajstić information content (AvgIpc) is 3.87. The van der Waals surface area contributed by atoms with Crippen LogP contribution in [0.1, 0.15) is 137 Å². The Kier molecular flexibility index (Phi) is 16.9. The van der Waals surface area contributed by atoms with E-state index in [2.05, 4.69) is 51.0 Å². The van der Waals surface area contributed by atoms with Gasteiger partial charge in [0.25, 0.3) is 11.8 Å². The van der Waals surface area contributed by atoms with E-state index in [9.17, 15) is 9.59 Å². The number of hydrogen-bond acceptors (Lipinski definition) is 12. The van der Waals surface area contributed by atoms with Gasteiger partial charge in [-0.05, 0) is 102 Å². The molecule has 70 heavy (non-hydrogen) atoms. The maximum Gasteiger partial charge on any atom is 0.282 e. The maximum atomic E-state index is 13.3. The number of amides is 2. The molecular formula is C52H66Cl4N6O3S5. The summed E-state index contributed by atoms with van der Waals surface area (Å²) in [6.07, 6.45) is 14.4. The summed E-state index contributed by atoms with van der Waals surface area (Å²) in [7, 11) is 0. The van der Waals surface area contributed by atoms with Gasteiger partial charge in [-0.3, -0.25) is 19.0 Å². The van der Waals surface area contributed by atoms with Crippen molar-refractivity contribution in [1.29, 1.82) is 0 Å². The van der Waals surface area contributed by atoms with Gasteiger partial charge in [0.05, 0.1) is 59.9 Å². The monoisotopic (exact) mass is 1120 g/mol. The molecule has 0 unspecified atom stereocenters. The highest BCUT2D eigenvalue weighted by Crippen LogP contribution is 2.49. The fourth-order valence-electron chi connectivity index (χ4n) is 10.1. The van der Waals surface area contributed by atoms with E-state index >= 15 is 0 Å². The number of ether oxygens (including phenoxy) is 1. The first-order chi connectivity index (χ1) is 33.3. The molecule has 2 aromatic heterocycles. The van der Waals surface area contributed by atoms with Crippen molar-refractivity contribution in [2.75, 3.05) is 50.9 Å². The molecule has 0 radical (unpaired) electrons. The summed E-state index contributed by atoms with van der Waals surface area (Å²) in [6.45, 7) is 17.4. The number of aromatic nitrogens is 2. The lowest BCUT2D eigenvalue weighted by molar-refractivity contribution is -0.176. The molecule has 6 heterocycles. The lowest BCUT2D eigenvalue weighted by atomic mass is 9.78. The van der Waals surface area contributed by atoms with Crippen LogP contribution >= 0.6 is 105 Å². The molecule has 6 aliphatic rings. The van der Waals surface area contributed by atoms with Crippen molar-refractivity contribution in [2.45, 2.75) is 139 Å². The predicted octanol–water partition coefficient (Wildman–Crippen LogP) is 14.9. The molecular weight excluding hydrogens is 1060 g/mol. The molecule has 2 amide bonds. The molecule has 2 spiro atoms. The van der Waals surface area contributed by atoms with Crippen LogP contribution in [0.25, 0.3) is 20.9 Å². The molecule has 6 fully saturated rings. The molecule has 0 bridgehead atoms. The Hall–Kier alpha value is -1.27. The molecule has 2 N–H and O–H groups in total. The fourth-order valence-corrected chi connectivity index (χ4v) is 16.3. The summed E-state index contributed by atoms with van der Waals surface area (Å²) in [4.78, 5) is 44.1. The summed E-state index contributed by atoms with van der Waals surface area (Å²) in [5.74, 6) is 3.66. The summed E-state index contributed by atoms with van der Waals surface area (Å²) in [5, 5.41) is 3.28. The molecule has 10 rings (SSSR count). The largest absolute Gasteiger partial charge is 0.380 e. The molecule has 380 valence electrons. The molecule has 2 aliphatic carbocycles. The lowest BCUT2D eigenvalue weighted by Gasteiger charge is -2.54. The quantitative estimate of drug-likeness (QED) is 0.133. The highest BCUT2D eigenvalue weighted by Gasteiger charge is 2.52. The topological polar surface area (TPSA) is 99.7 Å². The number of nitrogens with zero attached hydrogens (tertiary/aromatic N) is 4. The SMILES string of the molecule is CC(C)(C)NSc1ccc(-c2sc(C(=O)N3CC4(COC4)C3)nc2CC2CCCCC2)c(Cl)c1Cl.CC(C)(C)NSc1ccc(-c2sc(C(=O)N3CC4(CSC4)C3)nc2CC2CCCCC2)c(Cl)c1Cl. The van der Waals surface area contributed by atoms with Gasteiger partial charge in [-0.25, -0.2) is 9.97 Å². The summed E-state index contributed by atoms with van der Waals surface area (Å²) >= 11 is 35.1. The number of nitrogens with one attached hydrogen (secondary N) is 2. The normalized spacial score (nSPS) is 20.1. The average molecular weight is 1130 g/mol. The standard InChI is InChI=1S/C26H33Cl2N3O2S2.C26H33Cl2N3OS3/c2*1-25(2,3)30-35-19-10-9-17(20(27)21(19)28)22-18(11-16-7-5-4-6-8-16)29-23(34-22)24(32)31-12-26(13-31)14-33-15-26/h2*9-10,16,30H,4-8,11-15H2,1-3H3. The van der Waals surface area contributed by atoms with Crippen LogP contribution in [0.3, 0.4) is 0 Å². The highest BCUT2D eigenvalue weighted by atomic mass is 35.5. The fraction of sp³-hybridized carbons (Fsp3) is 0.615. The van der Waals surface area contributed by atoms with E-state index in [4.69, 9.17) is 61.1 Å². The number of carbonyl (C=O) groups is 2. The van der Waals surface area contributed by atoms with Crippen molar-refractivity contribution in [3.8, 4) is 20.9 Å². The van der Waals surface area contributed by atoms with Gasteiger partial charge in [-0.2, -0.15) is 11.8 Å². The van der Waals surface area contributed by atoms with E-state index in [1.54, 1.807) is 0 Å². The van der Waals surface area contributed by atoms with E-state index in [-0.39, 0.29) is 28.3 Å². The third-order valence-corrected chi connectivity index (χ3v) is 22.4. The number of carbonyl (C=O) groups excluding carboxylic acids is 2. The third kappa shape index (κ3) is 12.4. The van der Waals surface area contributed by atoms with E-state index < -0.39 is 0 Å². The maximum absolute atomic E-state index is 13.3. The molecule has 4 saturated heterocycles. The van der Waals surface area contributed by atoms with Crippen molar-refractivity contribution < 1.29 is 14.3 Å². The molecule has 0 atom stereocenters. The second kappa shape index (κ2) is 22.1. The van der Waals surface area contributed by atoms with Crippen molar-refractivity contribution in [3.63, 3.8) is 0 Å². The van der Waals surface area contributed by atoms with Crippen LogP contribution in [0.15, 0.2) is 34.1 Å². The Morgan fingerprint density at radius 2 is 1.03 bits per heavy atom. The summed E-state index contributed by atoms with van der Waals surface area (Å²) in [5.41, 5.74) is 4.20. The first-order valence-electron chi connectivity index (χ1n) is 24.9. The smallest absolute Gasteiger partial charge is 0.282 e. The molecule has 4 aliphatic heterocycles. The van der Waals surface area contributed by atoms with E-state index in [0.717, 1.165) is 94.3 Å². The first kappa shape index (κ1) is 53.6. The first-order valence-corrected chi connectivity index (χ1v) is 30.8. The molecule has 9 nitrogen and oxygen atoms in total. The zero-order valence-electron chi connectivity index (χ0n) is 41.2. The van der Waals surface area contributed by atoms with Crippen molar-refractivity contribution in [1.82, 2.24) is 29.2 Å². The Labute approximate surface area is 456 Å². The lowest BCUT2D eigenvalue weighted by Crippen LogP contribution is -2.67. The van der Waals surface area contributed by atoms with E-state index in [0.29, 0.717) is 47.4 Å². The van der Waals surface area contributed by atoms with Gasteiger partial charge >= 0.3 is 0 Å². The number of likely N-dealkylation sites (tertiary alicyclic amines) is 2. The molecule has 2 aromatic carbocycles. The van der Waals surface area contributed by atoms with Crippen LogP contribution < -0.4 is 9.44 Å². The minimum atomic E-state index is -0.0553. The van der Waals surface area contributed by atoms with Crippen LogP contribution in [0.4, 0.5) is 0 Å². The highest BCUT2D eigenvalue weighted by molar-refractivity contribution is 8.00. The van der Waals surface area contributed by atoms with Gasteiger partial charge in [-0.15, -0.1) is 22.7 Å². The van der Waals surface area contributed by atoms with Gasteiger partial charge in [-0.1, -0.05) is 123 Å². The number of thioether (sulfide) groups is 1. The van der Waals surface area contributed by atoms with Gasteiger partial charge in [0.15, 0.2) is 10.0 Å². The van der Waals surface area contributed by atoms with Gasteiger partial charge in [0, 0.05) is 75.1 Å². The van der Waals surface area contributed by atoms with Crippen LogP contribution in [0.2, 0.25) is 20.1 Å². The zero-order chi connectivity index (χ0) is 49.6. The van der Waals surface area contributed by atoms with Crippen LogP contribution in [-0.2, 0) is 17.6 Å². The Morgan fingerprint density at radius 1 is 0.629 bits per heavy atom. The number of thiazole rings is 2. The number of halogens is 4. The minimum Gasteiger partial charge on any atom is -0.380 e. The second-order valence-corrected chi connectivity index (χ2v) is 28.9. The number of rotatable bonds is 12. The van der Waals surface area contributed by atoms with E-state index in [1.165, 1.54) is 122 Å². The van der Waals surface area contributed by atoms with Gasteiger partial charge in [0.1, 0.15) is 0 Å². The zero-order valence-corrected chi connectivity index (χ0v) is 48.3. The van der Waals surface area contributed by atoms with Gasteiger partial charge < -0.3 is 14.5 Å². The van der Waals surface area contributed by atoms with Crippen molar-refractivity contribution in [3.05, 3.63) is 65.8 Å². The Bertz CT molecular complexity index is 2370. The number of hydrogen-bond donors (Lipinski definition) is 2. The Morgan fingerprint density at radius 3 is 1.37 bits per heavy atom. The molecule has 2 saturated carbocycles. The number of benzene rings is 2. The second-order valence-electron chi connectivity index (χ2n) is 22.7. The summed E-state index contributed by atoms with van der Waals surface area (Å²) < 4.78 is 12.2. The van der Waals surface area contributed by atoms with Crippen LogP contribution in [-0.4, -0.2) is 93.6 Å². The van der Waals surface area contributed by atoms with Crippen LogP contribution in [0.5, 0.6) is 0 Å². The third-order valence-electron chi connectivity index (χ3n) is 14.0. The Balaban J connectivity index is 0.000000174. The minimum absolute atomic E-state index is 0.0208. The van der Waals surface area contributed by atoms with Gasteiger partial charge in [0.2, 0.25) is 0 Å². The predicted molar refractivity (Wildman–Crippen MR) is 298 cm³/mol. The summed E-state index contributed by atoms with van der Waals surface area (Å²) in [6, 6.07) is 8.09. The molecule has 18 heteroatoms.